The largest absolute Gasteiger partial charge is 0.318 e. The second kappa shape index (κ2) is 4.05. The quantitative estimate of drug-likeness (QED) is 0.450. The lowest BCUT2D eigenvalue weighted by Gasteiger charge is -2.00. The summed E-state index contributed by atoms with van der Waals surface area (Å²) in [4.78, 5) is 21.3. The number of carbonyl (C=O) groups is 2. The molecule has 0 saturated carbocycles. The number of halogens is 1. The molecule has 0 aliphatic rings. The van der Waals surface area contributed by atoms with Crippen molar-refractivity contribution >= 4 is 28.4 Å². The molecule has 0 aromatic heterocycles. The fourth-order valence-electron chi connectivity index (χ4n) is 0.902. The van der Waals surface area contributed by atoms with Crippen LogP contribution in [0.4, 0.5) is 10.5 Å². The molecule has 68 valence electrons. The van der Waals surface area contributed by atoms with E-state index in [0.29, 0.717) is 11.3 Å². The normalized spacial score (nSPS) is 9.38. The van der Waals surface area contributed by atoms with Gasteiger partial charge in [-0.2, -0.15) is 0 Å². The van der Waals surface area contributed by atoms with Crippen LogP contribution in [0.15, 0.2) is 24.3 Å². The van der Waals surface area contributed by atoms with Gasteiger partial charge in [-0.05, 0) is 42.8 Å². The van der Waals surface area contributed by atoms with Crippen LogP contribution in [-0.2, 0) is 0 Å². The monoisotopic (exact) mass is 197 g/mol. The lowest BCUT2D eigenvalue weighted by atomic mass is 10.1. The summed E-state index contributed by atoms with van der Waals surface area (Å²) in [5.41, 5.74) is 1.18. The number of nitrogens with one attached hydrogen (secondary N) is 1. The van der Waals surface area contributed by atoms with Crippen LogP contribution in [-0.4, -0.2) is 11.1 Å². The zero-order chi connectivity index (χ0) is 9.84. The first-order valence-corrected chi connectivity index (χ1v) is 4.05. The molecular weight excluding hydrogens is 190 g/mol. The van der Waals surface area contributed by atoms with Gasteiger partial charge < -0.3 is 5.32 Å². The fraction of sp³-hybridized carbons (Fsp3) is 0.111. The highest BCUT2D eigenvalue weighted by Gasteiger charge is 1.99. The third-order valence-electron chi connectivity index (χ3n) is 1.53. The summed E-state index contributed by atoms with van der Waals surface area (Å²) in [6, 6.07) is 6.50. The Balaban J connectivity index is 2.81. The third-order valence-corrected chi connectivity index (χ3v) is 1.63. The van der Waals surface area contributed by atoms with Crippen LogP contribution in [0.1, 0.15) is 17.3 Å². The van der Waals surface area contributed by atoms with Gasteiger partial charge in [0.15, 0.2) is 5.78 Å². The van der Waals surface area contributed by atoms with Crippen molar-refractivity contribution in [2.24, 2.45) is 0 Å². The molecule has 0 aliphatic carbocycles. The summed E-state index contributed by atoms with van der Waals surface area (Å²) in [7, 11) is 0. The average molecular weight is 198 g/mol. The number of ketones is 1. The molecule has 0 atom stereocenters. The SMILES string of the molecule is CC(=O)c1ccc(NC(=O)Cl)cc1. The molecule has 3 nitrogen and oxygen atoms in total. The summed E-state index contributed by atoms with van der Waals surface area (Å²) in [5, 5.41) is 1.74. The van der Waals surface area contributed by atoms with E-state index in [2.05, 4.69) is 5.32 Å². The Bertz CT molecular complexity index is 332. The van der Waals surface area contributed by atoms with Gasteiger partial charge in [-0.1, -0.05) is 0 Å². The van der Waals surface area contributed by atoms with Crippen LogP contribution in [0.2, 0.25) is 0 Å². The van der Waals surface area contributed by atoms with Gasteiger partial charge in [0.25, 0.3) is 0 Å². The van der Waals surface area contributed by atoms with Crippen molar-refractivity contribution in [3.05, 3.63) is 29.8 Å². The number of hydrogen-bond donors (Lipinski definition) is 1. The lowest BCUT2D eigenvalue weighted by Crippen LogP contribution is -2.01. The van der Waals surface area contributed by atoms with Crippen molar-refractivity contribution in [2.45, 2.75) is 6.92 Å². The van der Waals surface area contributed by atoms with Gasteiger partial charge in [0, 0.05) is 11.3 Å². The van der Waals surface area contributed by atoms with E-state index in [1.54, 1.807) is 24.3 Å². The highest BCUT2D eigenvalue weighted by Crippen LogP contribution is 2.10. The molecule has 4 heteroatoms. The minimum absolute atomic E-state index is 0.0104. The number of carbonyl (C=O) groups excluding carboxylic acids is 2. The number of anilines is 1. The predicted octanol–water partition coefficient (Wildman–Crippen LogP) is 2.66. The van der Waals surface area contributed by atoms with Crippen molar-refractivity contribution in [1.82, 2.24) is 0 Å². The number of Topliss-reactive ketones (excluding diaryl/α,β-unsaturated/α-hetero) is 1. The van der Waals surface area contributed by atoms with Gasteiger partial charge in [0.1, 0.15) is 0 Å². The Morgan fingerprint density at radius 2 is 1.77 bits per heavy atom. The van der Waals surface area contributed by atoms with Gasteiger partial charge in [-0.3, -0.25) is 9.59 Å². The molecule has 1 N–H and O–H groups in total. The molecule has 1 aromatic carbocycles. The summed E-state index contributed by atoms with van der Waals surface area (Å²) in [6.07, 6.45) is 0. The zero-order valence-corrected chi connectivity index (χ0v) is 7.76. The van der Waals surface area contributed by atoms with Crippen molar-refractivity contribution in [2.75, 3.05) is 5.32 Å². The maximum atomic E-state index is 10.9. The molecule has 1 rings (SSSR count). The molecule has 0 heterocycles. The van der Waals surface area contributed by atoms with Gasteiger partial charge in [0.2, 0.25) is 0 Å². The van der Waals surface area contributed by atoms with Gasteiger partial charge >= 0.3 is 5.37 Å². The maximum Gasteiger partial charge on any atom is 0.318 e. The molecule has 0 saturated heterocycles. The second-order valence-electron chi connectivity index (χ2n) is 2.53. The Morgan fingerprint density at radius 3 is 2.15 bits per heavy atom. The van der Waals surface area contributed by atoms with Crippen LogP contribution in [0.5, 0.6) is 0 Å². The van der Waals surface area contributed by atoms with Crippen molar-refractivity contribution in [3.63, 3.8) is 0 Å². The first kappa shape index (κ1) is 9.74. The molecule has 0 bridgehead atoms. The van der Waals surface area contributed by atoms with E-state index in [1.165, 1.54) is 6.92 Å². The summed E-state index contributed by atoms with van der Waals surface area (Å²) in [5.74, 6) is -0.0104. The summed E-state index contributed by atoms with van der Waals surface area (Å²) in [6.45, 7) is 1.48. The molecule has 0 radical (unpaired) electrons. The molecule has 13 heavy (non-hydrogen) atoms. The third kappa shape index (κ3) is 2.87. The molecule has 0 unspecified atom stereocenters. The Kier molecular flexibility index (Phi) is 3.03. The molecule has 0 spiro atoms. The fourth-order valence-corrected chi connectivity index (χ4v) is 1.01. The van der Waals surface area contributed by atoms with E-state index in [1.807, 2.05) is 0 Å². The smallest absolute Gasteiger partial charge is 0.312 e. The second-order valence-corrected chi connectivity index (χ2v) is 2.88. The molecule has 1 aromatic rings. The van der Waals surface area contributed by atoms with Crippen LogP contribution < -0.4 is 5.32 Å². The number of rotatable bonds is 2. The minimum atomic E-state index is -0.643. The standard InChI is InChI=1S/C9H8ClNO2/c1-6(12)7-2-4-8(5-3-7)11-9(10)13/h2-5H,1H3,(H,11,13). The minimum Gasteiger partial charge on any atom is -0.312 e. The molecule has 0 aliphatic heterocycles. The number of benzene rings is 1. The van der Waals surface area contributed by atoms with Gasteiger partial charge in [-0.15, -0.1) is 0 Å². The average Bonchev–Trinajstić information content (AvgIpc) is 2.04. The van der Waals surface area contributed by atoms with Crippen LogP contribution in [0.25, 0.3) is 0 Å². The van der Waals surface area contributed by atoms with Crippen LogP contribution in [0.3, 0.4) is 0 Å². The van der Waals surface area contributed by atoms with Gasteiger partial charge in [0.05, 0.1) is 0 Å². The van der Waals surface area contributed by atoms with Crippen molar-refractivity contribution in [3.8, 4) is 0 Å². The van der Waals surface area contributed by atoms with Crippen molar-refractivity contribution < 1.29 is 9.59 Å². The van der Waals surface area contributed by atoms with Crippen molar-refractivity contribution in [1.29, 1.82) is 0 Å². The molecule has 1 amide bonds. The highest BCUT2D eigenvalue weighted by atomic mass is 35.5. The van der Waals surface area contributed by atoms with Crippen LogP contribution in [0, 0.1) is 0 Å². The predicted molar refractivity (Wildman–Crippen MR) is 51.3 cm³/mol. The number of amides is 1. The first-order chi connectivity index (χ1) is 6.09. The van der Waals surface area contributed by atoms with Gasteiger partial charge in [-0.25, -0.2) is 0 Å². The van der Waals surface area contributed by atoms with Crippen LogP contribution >= 0.6 is 11.6 Å². The van der Waals surface area contributed by atoms with E-state index >= 15 is 0 Å². The topological polar surface area (TPSA) is 46.2 Å². The number of hydrogen-bond acceptors (Lipinski definition) is 2. The summed E-state index contributed by atoms with van der Waals surface area (Å²) >= 11 is 5.10. The first-order valence-electron chi connectivity index (χ1n) is 3.67. The maximum absolute atomic E-state index is 10.9. The Hall–Kier alpha value is -1.35. The van der Waals surface area contributed by atoms with E-state index in [9.17, 15) is 9.59 Å². The van der Waals surface area contributed by atoms with E-state index in [-0.39, 0.29) is 5.78 Å². The lowest BCUT2D eigenvalue weighted by molar-refractivity contribution is 0.101. The van der Waals surface area contributed by atoms with E-state index < -0.39 is 5.37 Å². The Morgan fingerprint density at radius 1 is 1.23 bits per heavy atom. The van der Waals surface area contributed by atoms with E-state index in [0.717, 1.165) is 0 Å². The summed E-state index contributed by atoms with van der Waals surface area (Å²) < 4.78 is 0. The van der Waals surface area contributed by atoms with E-state index in [4.69, 9.17) is 11.6 Å². The highest BCUT2D eigenvalue weighted by molar-refractivity contribution is 6.65. The molecule has 0 fully saturated rings. The Labute approximate surface area is 80.7 Å². The molecular formula is C9H8ClNO2. The zero-order valence-electron chi connectivity index (χ0n) is 7.00.